The molecule has 0 bridgehead atoms. The van der Waals surface area contributed by atoms with Gasteiger partial charge in [0.15, 0.2) is 5.78 Å². The lowest BCUT2D eigenvalue weighted by molar-refractivity contribution is 0.102. The van der Waals surface area contributed by atoms with E-state index in [0.717, 1.165) is 10.4 Å². The summed E-state index contributed by atoms with van der Waals surface area (Å²) < 4.78 is 0. The van der Waals surface area contributed by atoms with E-state index < -0.39 is 0 Å². The van der Waals surface area contributed by atoms with Crippen LogP contribution in [-0.4, -0.2) is 11.7 Å². The SMILES string of the molecule is CC(=O)c1sc(-c2ccccc2)cc1NC(=O)c1ccccc1. The highest BCUT2D eigenvalue weighted by atomic mass is 32.1. The van der Waals surface area contributed by atoms with Crippen LogP contribution in [0.2, 0.25) is 0 Å². The lowest BCUT2D eigenvalue weighted by Gasteiger charge is -2.04. The largest absolute Gasteiger partial charge is 0.321 e. The fourth-order valence-corrected chi connectivity index (χ4v) is 3.29. The zero-order chi connectivity index (χ0) is 16.2. The van der Waals surface area contributed by atoms with Crippen molar-refractivity contribution < 1.29 is 9.59 Å². The van der Waals surface area contributed by atoms with E-state index in [9.17, 15) is 9.59 Å². The van der Waals surface area contributed by atoms with Crippen LogP contribution in [0.5, 0.6) is 0 Å². The van der Waals surface area contributed by atoms with Crippen LogP contribution in [0.3, 0.4) is 0 Å². The summed E-state index contributed by atoms with van der Waals surface area (Å²) in [5.74, 6) is -0.272. The van der Waals surface area contributed by atoms with Gasteiger partial charge in [0.25, 0.3) is 5.91 Å². The maximum Gasteiger partial charge on any atom is 0.255 e. The third-order valence-corrected chi connectivity index (χ3v) is 4.68. The number of amides is 1. The molecule has 3 aromatic rings. The Bertz CT molecular complexity index is 838. The lowest BCUT2D eigenvalue weighted by Crippen LogP contribution is -2.12. The van der Waals surface area contributed by atoms with Crippen LogP contribution in [-0.2, 0) is 0 Å². The first kappa shape index (κ1) is 15.2. The number of carbonyl (C=O) groups is 2. The molecule has 4 heteroatoms. The van der Waals surface area contributed by atoms with Gasteiger partial charge in [-0.1, -0.05) is 48.5 Å². The summed E-state index contributed by atoms with van der Waals surface area (Å²) in [5, 5.41) is 2.85. The van der Waals surface area contributed by atoms with Crippen LogP contribution in [0, 0.1) is 0 Å². The average molecular weight is 321 g/mol. The number of hydrogen-bond donors (Lipinski definition) is 1. The van der Waals surface area contributed by atoms with Crippen molar-refractivity contribution in [2.24, 2.45) is 0 Å². The average Bonchev–Trinajstić information content (AvgIpc) is 3.00. The minimum Gasteiger partial charge on any atom is -0.321 e. The van der Waals surface area contributed by atoms with Crippen LogP contribution >= 0.6 is 11.3 Å². The second-order valence-corrected chi connectivity index (χ2v) is 6.15. The molecule has 114 valence electrons. The highest BCUT2D eigenvalue weighted by molar-refractivity contribution is 7.18. The number of hydrogen-bond acceptors (Lipinski definition) is 3. The molecule has 0 atom stereocenters. The normalized spacial score (nSPS) is 10.3. The number of Topliss-reactive ketones (excluding diaryl/α,β-unsaturated/α-hetero) is 1. The Morgan fingerprint density at radius 1 is 0.913 bits per heavy atom. The summed E-state index contributed by atoms with van der Waals surface area (Å²) in [4.78, 5) is 25.7. The maximum atomic E-state index is 12.3. The number of nitrogens with one attached hydrogen (secondary N) is 1. The van der Waals surface area contributed by atoms with Gasteiger partial charge in [-0.25, -0.2) is 0 Å². The zero-order valence-electron chi connectivity index (χ0n) is 12.6. The summed E-state index contributed by atoms with van der Waals surface area (Å²) in [6, 6.07) is 20.6. The van der Waals surface area contributed by atoms with Gasteiger partial charge in [0.2, 0.25) is 0 Å². The molecule has 0 saturated carbocycles. The molecule has 0 aliphatic heterocycles. The minimum atomic E-state index is -0.217. The van der Waals surface area contributed by atoms with E-state index in [4.69, 9.17) is 0 Å². The van der Waals surface area contributed by atoms with E-state index in [0.29, 0.717) is 16.1 Å². The van der Waals surface area contributed by atoms with Gasteiger partial charge in [-0.05, 0) is 23.8 Å². The van der Waals surface area contributed by atoms with E-state index in [1.54, 1.807) is 12.1 Å². The number of rotatable bonds is 4. The third kappa shape index (κ3) is 3.38. The fourth-order valence-electron chi connectivity index (χ4n) is 2.27. The maximum absolute atomic E-state index is 12.3. The quantitative estimate of drug-likeness (QED) is 0.697. The first-order valence-corrected chi connectivity index (χ1v) is 8.03. The Kier molecular flexibility index (Phi) is 4.35. The molecule has 0 unspecified atom stereocenters. The van der Waals surface area contributed by atoms with Crippen molar-refractivity contribution in [2.45, 2.75) is 6.92 Å². The van der Waals surface area contributed by atoms with Crippen molar-refractivity contribution in [3.63, 3.8) is 0 Å². The van der Waals surface area contributed by atoms with Crippen molar-refractivity contribution in [3.05, 3.63) is 77.2 Å². The topological polar surface area (TPSA) is 46.2 Å². The minimum absolute atomic E-state index is 0.0551. The molecular formula is C19H15NO2S. The van der Waals surface area contributed by atoms with Crippen molar-refractivity contribution in [2.75, 3.05) is 5.32 Å². The van der Waals surface area contributed by atoms with Gasteiger partial charge in [0.1, 0.15) is 0 Å². The Morgan fingerprint density at radius 2 is 1.52 bits per heavy atom. The molecule has 0 spiro atoms. The molecule has 0 aliphatic rings. The molecule has 1 N–H and O–H groups in total. The molecule has 0 radical (unpaired) electrons. The van der Waals surface area contributed by atoms with Crippen molar-refractivity contribution in [3.8, 4) is 10.4 Å². The molecule has 0 aliphatic carbocycles. The second kappa shape index (κ2) is 6.58. The zero-order valence-corrected chi connectivity index (χ0v) is 13.4. The molecule has 0 fully saturated rings. The van der Waals surface area contributed by atoms with Gasteiger partial charge in [-0.15, -0.1) is 11.3 Å². The van der Waals surface area contributed by atoms with Crippen LogP contribution in [0.15, 0.2) is 66.7 Å². The molecule has 2 aromatic carbocycles. The van der Waals surface area contributed by atoms with E-state index in [-0.39, 0.29) is 11.7 Å². The van der Waals surface area contributed by atoms with Crippen LogP contribution in [0.1, 0.15) is 27.0 Å². The van der Waals surface area contributed by atoms with Gasteiger partial charge in [0.05, 0.1) is 10.6 Å². The van der Waals surface area contributed by atoms with E-state index in [1.807, 2.05) is 54.6 Å². The Labute approximate surface area is 138 Å². The fraction of sp³-hybridized carbons (Fsp3) is 0.0526. The van der Waals surface area contributed by atoms with Gasteiger partial charge in [-0.3, -0.25) is 9.59 Å². The monoisotopic (exact) mass is 321 g/mol. The number of carbonyl (C=O) groups excluding carboxylic acids is 2. The summed E-state index contributed by atoms with van der Waals surface area (Å²) in [6.07, 6.45) is 0. The summed E-state index contributed by atoms with van der Waals surface area (Å²) in [5.41, 5.74) is 2.16. The van der Waals surface area contributed by atoms with Crippen LogP contribution in [0.4, 0.5) is 5.69 Å². The van der Waals surface area contributed by atoms with Crippen molar-refractivity contribution >= 4 is 28.7 Å². The second-order valence-electron chi connectivity index (χ2n) is 5.10. The standard InChI is InChI=1S/C19H15NO2S/c1-13(21)18-16(20-19(22)15-10-6-3-7-11-15)12-17(23-18)14-8-4-2-5-9-14/h2-12H,1H3,(H,20,22). The summed E-state index contributed by atoms with van der Waals surface area (Å²) in [7, 11) is 0. The lowest BCUT2D eigenvalue weighted by atomic mass is 10.1. The molecule has 1 aromatic heterocycles. The molecule has 0 saturated heterocycles. The van der Waals surface area contributed by atoms with Gasteiger partial charge < -0.3 is 5.32 Å². The van der Waals surface area contributed by atoms with E-state index in [2.05, 4.69) is 5.32 Å². The third-order valence-electron chi connectivity index (χ3n) is 3.39. The number of thiophene rings is 1. The van der Waals surface area contributed by atoms with Crippen LogP contribution in [0.25, 0.3) is 10.4 Å². The molecule has 3 nitrogen and oxygen atoms in total. The van der Waals surface area contributed by atoms with E-state index >= 15 is 0 Å². The highest BCUT2D eigenvalue weighted by Crippen LogP contribution is 2.35. The molecular weight excluding hydrogens is 306 g/mol. The van der Waals surface area contributed by atoms with Gasteiger partial charge >= 0.3 is 0 Å². The molecule has 1 amide bonds. The van der Waals surface area contributed by atoms with Crippen molar-refractivity contribution in [1.29, 1.82) is 0 Å². The Balaban J connectivity index is 1.94. The molecule has 1 heterocycles. The highest BCUT2D eigenvalue weighted by Gasteiger charge is 2.16. The Morgan fingerprint density at radius 3 is 2.13 bits per heavy atom. The molecule has 23 heavy (non-hydrogen) atoms. The Hall–Kier alpha value is -2.72. The van der Waals surface area contributed by atoms with Gasteiger partial charge in [-0.2, -0.15) is 0 Å². The number of ketones is 1. The summed E-state index contributed by atoms with van der Waals surface area (Å²) in [6.45, 7) is 1.51. The van der Waals surface area contributed by atoms with Crippen LogP contribution < -0.4 is 5.32 Å². The summed E-state index contributed by atoms with van der Waals surface area (Å²) >= 11 is 1.39. The van der Waals surface area contributed by atoms with E-state index in [1.165, 1.54) is 18.3 Å². The van der Waals surface area contributed by atoms with Crippen molar-refractivity contribution in [1.82, 2.24) is 0 Å². The van der Waals surface area contributed by atoms with Gasteiger partial charge in [0, 0.05) is 17.4 Å². The molecule has 3 rings (SSSR count). The first-order chi connectivity index (χ1) is 11.1. The predicted octanol–water partition coefficient (Wildman–Crippen LogP) is 4.87. The predicted molar refractivity (Wildman–Crippen MR) is 94.2 cm³/mol. The first-order valence-electron chi connectivity index (χ1n) is 7.22. The number of benzene rings is 2. The number of anilines is 1. The smallest absolute Gasteiger partial charge is 0.255 e.